The first-order chi connectivity index (χ1) is 9.99. The summed E-state index contributed by atoms with van der Waals surface area (Å²) in [7, 11) is 1.55. The Bertz CT molecular complexity index is 508. The van der Waals surface area contributed by atoms with Gasteiger partial charge < -0.3 is 20.5 Å². The van der Waals surface area contributed by atoms with Crippen molar-refractivity contribution in [2.75, 3.05) is 25.6 Å². The third kappa shape index (κ3) is 5.45. The monoisotopic (exact) mass is 358 g/mol. The van der Waals surface area contributed by atoms with Crippen LogP contribution < -0.4 is 11.1 Å². The normalized spacial score (nSPS) is 11.8. The molecule has 6 nitrogen and oxygen atoms in total. The van der Waals surface area contributed by atoms with Gasteiger partial charge in [-0.2, -0.15) is 0 Å². The molecule has 1 unspecified atom stereocenters. The number of hydrogen-bond acceptors (Lipinski definition) is 5. The van der Waals surface area contributed by atoms with Gasteiger partial charge in [-0.3, -0.25) is 4.79 Å². The van der Waals surface area contributed by atoms with Crippen molar-refractivity contribution < 1.29 is 19.1 Å². The van der Waals surface area contributed by atoms with E-state index in [-0.39, 0.29) is 5.91 Å². The summed E-state index contributed by atoms with van der Waals surface area (Å²) in [5.41, 5.74) is 6.69. The number of methoxy groups -OCH3 is 1. The lowest BCUT2D eigenvalue weighted by molar-refractivity contribution is -0.117. The molecule has 0 fully saturated rings. The van der Waals surface area contributed by atoms with Crippen molar-refractivity contribution in [2.45, 2.75) is 19.4 Å². The average molecular weight is 359 g/mol. The first-order valence-electron chi connectivity index (χ1n) is 6.51. The number of ether oxygens (including phenoxy) is 2. The second-order valence-corrected chi connectivity index (χ2v) is 5.15. The summed E-state index contributed by atoms with van der Waals surface area (Å²) < 4.78 is 10.4. The van der Waals surface area contributed by atoms with E-state index in [1.165, 1.54) is 0 Å². The van der Waals surface area contributed by atoms with Crippen LogP contribution in [0.4, 0.5) is 5.69 Å². The minimum atomic E-state index is -0.651. The Kier molecular flexibility index (Phi) is 7.35. The van der Waals surface area contributed by atoms with Crippen LogP contribution in [-0.4, -0.2) is 38.2 Å². The number of halogens is 1. The van der Waals surface area contributed by atoms with Gasteiger partial charge in [-0.25, -0.2) is 4.79 Å². The highest BCUT2D eigenvalue weighted by Crippen LogP contribution is 2.24. The van der Waals surface area contributed by atoms with Gasteiger partial charge in [-0.1, -0.05) is 0 Å². The number of anilines is 1. The van der Waals surface area contributed by atoms with Gasteiger partial charge >= 0.3 is 5.97 Å². The van der Waals surface area contributed by atoms with Gasteiger partial charge in [0.05, 0.1) is 23.9 Å². The molecule has 1 aromatic carbocycles. The fourth-order valence-electron chi connectivity index (χ4n) is 1.56. The molecular weight excluding hydrogens is 340 g/mol. The number of carbonyl (C=O) groups excluding carboxylic acids is 2. The maximum absolute atomic E-state index is 11.9. The molecule has 7 heteroatoms. The van der Waals surface area contributed by atoms with E-state index in [1.54, 1.807) is 32.2 Å². The molecule has 21 heavy (non-hydrogen) atoms. The van der Waals surface area contributed by atoms with Crippen LogP contribution in [0.1, 0.15) is 23.7 Å². The Morgan fingerprint density at radius 3 is 2.71 bits per heavy atom. The van der Waals surface area contributed by atoms with E-state index in [0.29, 0.717) is 35.4 Å². The molecule has 116 valence electrons. The van der Waals surface area contributed by atoms with E-state index < -0.39 is 12.0 Å². The van der Waals surface area contributed by atoms with Crippen LogP contribution in [0.3, 0.4) is 0 Å². The van der Waals surface area contributed by atoms with E-state index in [0.717, 1.165) is 0 Å². The lowest BCUT2D eigenvalue weighted by Crippen LogP contribution is -2.36. The SMILES string of the molecule is CCOC(=O)c1ccc(NC(=O)C(N)CCOC)c(Br)c1. The Morgan fingerprint density at radius 1 is 1.43 bits per heavy atom. The number of nitrogens with two attached hydrogens (primary N) is 1. The van der Waals surface area contributed by atoms with Gasteiger partial charge in [0.2, 0.25) is 5.91 Å². The largest absolute Gasteiger partial charge is 0.462 e. The summed E-state index contributed by atoms with van der Waals surface area (Å²) >= 11 is 3.31. The lowest BCUT2D eigenvalue weighted by atomic mass is 10.2. The van der Waals surface area contributed by atoms with Crippen molar-refractivity contribution in [3.63, 3.8) is 0 Å². The number of amides is 1. The lowest BCUT2D eigenvalue weighted by Gasteiger charge is -2.13. The molecule has 1 aromatic rings. The van der Waals surface area contributed by atoms with Gasteiger partial charge in [0, 0.05) is 18.2 Å². The first-order valence-corrected chi connectivity index (χ1v) is 7.31. The predicted molar refractivity (Wildman–Crippen MR) is 83.2 cm³/mol. The Hall–Kier alpha value is -1.44. The fraction of sp³-hybridized carbons (Fsp3) is 0.429. The van der Waals surface area contributed by atoms with Crippen molar-refractivity contribution in [1.29, 1.82) is 0 Å². The molecule has 0 radical (unpaired) electrons. The molecule has 1 atom stereocenters. The van der Waals surface area contributed by atoms with Crippen LogP contribution >= 0.6 is 15.9 Å². The van der Waals surface area contributed by atoms with Gasteiger partial charge in [0.1, 0.15) is 0 Å². The van der Waals surface area contributed by atoms with Crippen molar-refractivity contribution in [3.8, 4) is 0 Å². The van der Waals surface area contributed by atoms with Gasteiger partial charge in [0.25, 0.3) is 0 Å². The van der Waals surface area contributed by atoms with Crippen LogP contribution in [0.25, 0.3) is 0 Å². The van der Waals surface area contributed by atoms with E-state index in [1.807, 2.05) is 0 Å². The topological polar surface area (TPSA) is 90.7 Å². The van der Waals surface area contributed by atoms with E-state index in [4.69, 9.17) is 15.2 Å². The maximum Gasteiger partial charge on any atom is 0.338 e. The Balaban J connectivity index is 2.72. The second kappa shape index (κ2) is 8.76. The molecule has 0 saturated carbocycles. The maximum atomic E-state index is 11.9. The predicted octanol–water partition coefficient (Wildman–Crippen LogP) is 1.93. The van der Waals surface area contributed by atoms with E-state index >= 15 is 0 Å². The van der Waals surface area contributed by atoms with Gasteiger partial charge in [0.15, 0.2) is 0 Å². The molecule has 0 spiro atoms. The molecule has 0 heterocycles. The van der Waals surface area contributed by atoms with Crippen molar-refractivity contribution in [3.05, 3.63) is 28.2 Å². The quantitative estimate of drug-likeness (QED) is 0.726. The summed E-state index contributed by atoms with van der Waals surface area (Å²) in [6, 6.07) is 4.14. The molecule has 1 rings (SSSR count). The minimum Gasteiger partial charge on any atom is -0.462 e. The minimum absolute atomic E-state index is 0.309. The summed E-state index contributed by atoms with van der Waals surface area (Å²) in [5.74, 6) is -0.718. The standard InChI is InChI=1S/C14H19BrN2O4/c1-3-21-14(19)9-4-5-12(10(15)8-9)17-13(18)11(16)6-7-20-2/h4-5,8,11H,3,6-7,16H2,1-2H3,(H,17,18). The molecule has 0 aromatic heterocycles. The van der Waals surface area contributed by atoms with E-state index in [2.05, 4.69) is 21.2 Å². The number of esters is 1. The first kappa shape index (κ1) is 17.6. The third-order valence-corrected chi connectivity index (χ3v) is 3.36. The molecule has 3 N–H and O–H groups in total. The zero-order chi connectivity index (χ0) is 15.8. The number of benzene rings is 1. The smallest absolute Gasteiger partial charge is 0.338 e. The number of rotatable bonds is 7. The highest BCUT2D eigenvalue weighted by molar-refractivity contribution is 9.10. The third-order valence-electron chi connectivity index (χ3n) is 2.71. The van der Waals surface area contributed by atoms with Crippen LogP contribution in [0.5, 0.6) is 0 Å². The average Bonchev–Trinajstić information content (AvgIpc) is 2.46. The van der Waals surface area contributed by atoms with Crippen molar-refractivity contribution in [2.24, 2.45) is 5.73 Å². The summed E-state index contributed by atoms with van der Waals surface area (Å²) in [5, 5.41) is 2.70. The van der Waals surface area contributed by atoms with Gasteiger partial charge in [-0.05, 0) is 47.5 Å². The molecule has 1 amide bonds. The zero-order valence-electron chi connectivity index (χ0n) is 12.0. The van der Waals surface area contributed by atoms with Crippen LogP contribution in [0.15, 0.2) is 22.7 Å². The molecule has 0 aliphatic rings. The van der Waals surface area contributed by atoms with Crippen LogP contribution in [0.2, 0.25) is 0 Å². The molecule has 0 aliphatic heterocycles. The van der Waals surface area contributed by atoms with Crippen LogP contribution in [0, 0.1) is 0 Å². The molecule has 0 bridgehead atoms. The fourth-order valence-corrected chi connectivity index (χ4v) is 2.04. The second-order valence-electron chi connectivity index (χ2n) is 4.29. The summed E-state index contributed by atoms with van der Waals surface area (Å²) in [6.07, 6.45) is 0.431. The molecule has 0 saturated heterocycles. The zero-order valence-corrected chi connectivity index (χ0v) is 13.6. The Labute approximate surface area is 132 Å². The summed E-state index contributed by atoms with van der Waals surface area (Å²) in [4.78, 5) is 23.5. The Morgan fingerprint density at radius 2 is 2.14 bits per heavy atom. The van der Waals surface area contributed by atoms with Crippen LogP contribution in [-0.2, 0) is 14.3 Å². The highest BCUT2D eigenvalue weighted by atomic mass is 79.9. The summed E-state index contributed by atoms with van der Waals surface area (Å²) in [6.45, 7) is 2.46. The van der Waals surface area contributed by atoms with Crippen molar-refractivity contribution in [1.82, 2.24) is 0 Å². The molecule has 0 aliphatic carbocycles. The number of hydrogen-bond donors (Lipinski definition) is 2. The van der Waals surface area contributed by atoms with Crippen molar-refractivity contribution >= 4 is 33.5 Å². The number of nitrogens with one attached hydrogen (secondary N) is 1. The van der Waals surface area contributed by atoms with Gasteiger partial charge in [-0.15, -0.1) is 0 Å². The highest BCUT2D eigenvalue weighted by Gasteiger charge is 2.15. The molecular formula is C14H19BrN2O4. The number of carbonyl (C=O) groups is 2. The van der Waals surface area contributed by atoms with E-state index in [9.17, 15) is 9.59 Å².